The Hall–Kier alpha value is -1.88. The molecule has 0 fully saturated rings. The molecule has 0 amide bonds. The molecule has 0 saturated heterocycles. The quantitative estimate of drug-likeness (QED) is 0.668. The summed E-state index contributed by atoms with van der Waals surface area (Å²) in [6.45, 7) is 3.66. The summed E-state index contributed by atoms with van der Waals surface area (Å²) in [4.78, 5) is 0. The predicted molar refractivity (Wildman–Crippen MR) is 81.6 cm³/mol. The first-order chi connectivity index (χ1) is 10.0. The van der Waals surface area contributed by atoms with E-state index in [1.165, 1.54) is 7.11 Å². The van der Waals surface area contributed by atoms with Crippen LogP contribution >= 0.6 is 11.3 Å². The summed E-state index contributed by atoms with van der Waals surface area (Å²) >= 11 is 1.08. The van der Waals surface area contributed by atoms with E-state index in [4.69, 9.17) is 9.47 Å². The lowest BCUT2D eigenvalue weighted by molar-refractivity contribution is 0.232. The van der Waals surface area contributed by atoms with Crippen LogP contribution in [0.4, 0.5) is 8.78 Å². The predicted octanol–water partition coefficient (Wildman–Crippen LogP) is 5.13. The lowest BCUT2D eigenvalue weighted by atomic mass is 10.1. The normalized spacial score (nSPS) is 11.5. The summed E-state index contributed by atoms with van der Waals surface area (Å²) in [7, 11) is 1.41. The third-order valence-electron chi connectivity index (χ3n) is 3.20. The second-order valence-electron chi connectivity index (χ2n) is 4.98. The fourth-order valence-electron chi connectivity index (χ4n) is 2.30. The number of hydrogen-bond acceptors (Lipinski definition) is 3. The Kier molecular flexibility index (Phi) is 3.45. The molecule has 3 rings (SSSR count). The number of benzene rings is 2. The van der Waals surface area contributed by atoms with Crippen LogP contribution in [0.2, 0.25) is 0 Å². The molecular formula is C16H14F2O2S. The Morgan fingerprint density at radius 1 is 0.905 bits per heavy atom. The van der Waals surface area contributed by atoms with Gasteiger partial charge in [-0.05, 0) is 38.1 Å². The molecule has 0 saturated carbocycles. The van der Waals surface area contributed by atoms with Gasteiger partial charge in [-0.3, -0.25) is 0 Å². The van der Waals surface area contributed by atoms with Crippen molar-refractivity contribution in [3.05, 3.63) is 35.9 Å². The number of fused-ring (bicyclic) bond motifs is 3. The molecule has 5 heteroatoms. The SMILES string of the molecule is COc1ccc2c(sc3c(F)c(OC(C)C)ccc32)c1F. The van der Waals surface area contributed by atoms with Crippen molar-refractivity contribution in [2.45, 2.75) is 20.0 Å². The Bertz CT molecular complexity index is 824. The molecule has 0 aliphatic rings. The molecule has 21 heavy (non-hydrogen) atoms. The van der Waals surface area contributed by atoms with Crippen LogP contribution < -0.4 is 9.47 Å². The van der Waals surface area contributed by atoms with E-state index in [2.05, 4.69) is 0 Å². The van der Waals surface area contributed by atoms with Crippen molar-refractivity contribution in [2.75, 3.05) is 7.11 Å². The lowest BCUT2D eigenvalue weighted by Gasteiger charge is -2.10. The molecule has 0 radical (unpaired) electrons. The molecule has 0 N–H and O–H groups in total. The first-order valence-corrected chi connectivity index (χ1v) is 7.38. The minimum atomic E-state index is -0.457. The van der Waals surface area contributed by atoms with Crippen LogP contribution in [0.1, 0.15) is 13.8 Å². The van der Waals surface area contributed by atoms with Crippen LogP contribution in [-0.4, -0.2) is 13.2 Å². The molecule has 0 atom stereocenters. The first kappa shape index (κ1) is 14.1. The van der Waals surface area contributed by atoms with Crippen molar-refractivity contribution in [2.24, 2.45) is 0 Å². The Morgan fingerprint density at radius 2 is 1.43 bits per heavy atom. The van der Waals surface area contributed by atoms with Crippen LogP contribution in [0.25, 0.3) is 20.2 Å². The molecule has 2 nitrogen and oxygen atoms in total. The summed E-state index contributed by atoms with van der Waals surface area (Å²) in [5.41, 5.74) is 0. The van der Waals surface area contributed by atoms with Crippen LogP contribution in [-0.2, 0) is 0 Å². The van der Waals surface area contributed by atoms with Gasteiger partial charge in [0, 0.05) is 10.8 Å². The zero-order chi connectivity index (χ0) is 15.1. The van der Waals surface area contributed by atoms with Crippen LogP contribution in [0.15, 0.2) is 24.3 Å². The fourth-order valence-corrected chi connectivity index (χ4v) is 3.46. The standard InChI is InChI=1S/C16H14F2O2S/c1-8(2)20-12-7-5-10-9-4-6-11(19-3)13(17)15(9)21-16(10)14(12)18/h4-8H,1-3H3. The molecule has 0 aliphatic carbocycles. The lowest BCUT2D eigenvalue weighted by Crippen LogP contribution is -2.06. The fraction of sp³-hybridized carbons (Fsp3) is 0.250. The third kappa shape index (κ3) is 2.21. The molecule has 110 valence electrons. The van der Waals surface area contributed by atoms with E-state index in [0.29, 0.717) is 20.2 Å². The van der Waals surface area contributed by atoms with Gasteiger partial charge in [0.25, 0.3) is 0 Å². The van der Waals surface area contributed by atoms with Gasteiger partial charge in [0.05, 0.1) is 22.6 Å². The highest BCUT2D eigenvalue weighted by Gasteiger charge is 2.18. The van der Waals surface area contributed by atoms with Crippen LogP contribution in [0, 0.1) is 11.6 Å². The van der Waals surface area contributed by atoms with Gasteiger partial charge < -0.3 is 9.47 Å². The number of halogens is 2. The van der Waals surface area contributed by atoms with Gasteiger partial charge in [-0.2, -0.15) is 0 Å². The van der Waals surface area contributed by atoms with Gasteiger partial charge in [-0.1, -0.05) is 0 Å². The molecule has 1 heterocycles. The zero-order valence-corrected chi connectivity index (χ0v) is 12.7. The van der Waals surface area contributed by atoms with E-state index in [1.807, 2.05) is 13.8 Å². The third-order valence-corrected chi connectivity index (χ3v) is 4.41. The van der Waals surface area contributed by atoms with Gasteiger partial charge in [0.15, 0.2) is 23.1 Å². The van der Waals surface area contributed by atoms with Crippen LogP contribution in [0.5, 0.6) is 11.5 Å². The molecular weight excluding hydrogens is 294 g/mol. The summed E-state index contributed by atoms with van der Waals surface area (Å²) in [5, 5.41) is 1.37. The summed E-state index contributed by atoms with van der Waals surface area (Å²) < 4.78 is 40.0. The van der Waals surface area contributed by atoms with Crippen LogP contribution in [0.3, 0.4) is 0 Å². The molecule has 0 aliphatic heterocycles. The van der Waals surface area contributed by atoms with Crippen molar-refractivity contribution < 1.29 is 18.3 Å². The number of rotatable bonds is 3. The van der Waals surface area contributed by atoms with E-state index in [1.54, 1.807) is 24.3 Å². The average Bonchev–Trinajstić information content (AvgIpc) is 2.82. The highest BCUT2D eigenvalue weighted by atomic mass is 32.1. The Labute approximate surface area is 124 Å². The molecule has 0 unspecified atom stereocenters. The first-order valence-electron chi connectivity index (χ1n) is 6.56. The monoisotopic (exact) mass is 308 g/mol. The second-order valence-corrected chi connectivity index (χ2v) is 6.00. The van der Waals surface area contributed by atoms with Gasteiger partial charge in [-0.25, -0.2) is 8.78 Å². The maximum atomic E-state index is 14.5. The summed E-state index contributed by atoms with van der Waals surface area (Å²) in [6.07, 6.45) is -0.122. The van der Waals surface area contributed by atoms with E-state index in [0.717, 1.165) is 11.3 Å². The number of hydrogen-bond donors (Lipinski definition) is 0. The van der Waals surface area contributed by atoms with Crippen molar-refractivity contribution in [3.8, 4) is 11.5 Å². The highest BCUT2D eigenvalue weighted by Crippen LogP contribution is 2.41. The maximum Gasteiger partial charge on any atom is 0.182 e. The van der Waals surface area contributed by atoms with E-state index < -0.39 is 11.6 Å². The van der Waals surface area contributed by atoms with Crippen molar-refractivity contribution >= 4 is 31.5 Å². The van der Waals surface area contributed by atoms with Crippen molar-refractivity contribution in [3.63, 3.8) is 0 Å². The summed E-state index contributed by atoms with van der Waals surface area (Å²) in [6, 6.07) is 6.66. The minimum Gasteiger partial charge on any atom is -0.494 e. The van der Waals surface area contributed by atoms with Crippen molar-refractivity contribution in [1.29, 1.82) is 0 Å². The number of thiophene rings is 1. The maximum absolute atomic E-state index is 14.5. The topological polar surface area (TPSA) is 18.5 Å². The number of methoxy groups -OCH3 is 1. The van der Waals surface area contributed by atoms with Gasteiger partial charge >= 0.3 is 0 Å². The van der Waals surface area contributed by atoms with Gasteiger partial charge in [0.2, 0.25) is 0 Å². The second kappa shape index (κ2) is 5.15. The molecule has 2 aromatic carbocycles. The summed E-state index contributed by atoms with van der Waals surface area (Å²) in [5.74, 6) is -0.549. The molecule has 1 aromatic heterocycles. The minimum absolute atomic E-state index is 0.122. The molecule has 3 aromatic rings. The van der Waals surface area contributed by atoms with E-state index in [9.17, 15) is 8.78 Å². The average molecular weight is 308 g/mol. The van der Waals surface area contributed by atoms with Crippen molar-refractivity contribution in [1.82, 2.24) is 0 Å². The van der Waals surface area contributed by atoms with E-state index >= 15 is 0 Å². The highest BCUT2D eigenvalue weighted by molar-refractivity contribution is 7.25. The van der Waals surface area contributed by atoms with Gasteiger partial charge in [-0.15, -0.1) is 11.3 Å². The number of ether oxygens (including phenoxy) is 2. The Balaban J connectivity index is 2.30. The Morgan fingerprint density at radius 3 is 1.95 bits per heavy atom. The molecule has 0 bridgehead atoms. The zero-order valence-electron chi connectivity index (χ0n) is 11.9. The van der Waals surface area contributed by atoms with Gasteiger partial charge in [0.1, 0.15) is 0 Å². The molecule has 0 spiro atoms. The largest absolute Gasteiger partial charge is 0.494 e. The van der Waals surface area contributed by atoms with E-state index in [-0.39, 0.29) is 17.6 Å². The smallest absolute Gasteiger partial charge is 0.182 e.